The van der Waals surface area contributed by atoms with Crippen LogP contribution in [-0.4, -0.2) is 36.1 Å². The minimum absolute atomic E-state index is 0.0554. The van der Waals surface area contributed by atoms with Crippen LogP contribution in [0.15, 0.2) is 30.3 Å². The van der Waals surface area contributed by atoms with Crippen LogP contribution in [0.1, 0.15) is 51.5 Å². The lowest BCUT2D eigenvalue weighted by Crippen LogP contribution is -2.48. The van der Waals surface area contributed by atoms with Gasteiger partial charge in [0.05, 0.1) is 5.92 Å². The van der Waals surface area contributed by atoms with Crippen LogP contribution in [-0.2, 0) is 9.53 Å². The predicted molar refractivity (Wildman–Crippen MR) is 85.3 cm³/mol. The van der Waals surface area contributed by atoms with E-state index >= 15 is 0 Å². The van der Waals surface area contributed by atoms with E-state index in [1.807, 2.05) is 37.3 Å². The molecule has 1 saturated heterocycles. The molecule has 1 heterocycles. The second-order valence-corrected chi connectivity index (χ2v) is 6.24. The second kappa shape index (κ2) is 7.08. The average molecular weight is 289 g/mol. The first kappa shape index (κ1) is 16.0. The molecular weight excluding hydrogens is 262 g/mol. The highest BCUT2D eigenvalue weighted by Crippen LogP contribution is 2.27. The largest absolute Gasteiger partial charge is 0.462 e. The summed E-state index contributed by atoms with van der Waals surface area (Å²) in [6.45, 7) is 6.33. The Bertz CT molecular complexity index is 460. The first-order valence-electron chi connectivity index (χ1n) is 8.00. The standard InChI is InChI=1S/C18H27NO2/c1-5-16-12-17(11-13(2)19(16)4)21-18(20)14(3)15-9-7-6-8-10-15/h6-10,13-14,16-17H,5,11-12H2,1-4H3/t13?,14?,16-,17+/m1/s1. The van der Waals surface area contributed by atoms with E-state index in [0.29, 0.717) is 12.1 Å². The number of likely N-dealkylation sites (tertiary alicyclic amines) is 1. The molecule has 1 aliphatic rings. The van der Waals surface area contributed by atoms with Crippen LogP contribution in [0.2, 0.25) is 0 Å². The lowest BCUT2D eigenvalue weighted by Gasteiger charge is -2.41. The van der Waals surface area contributed by atoms with E-state index in [1.54, 1.807) is 0 Å². The molecule has 1 aromatic carbocycles. The molecule has 0 aliphatic carbocycles. The number of rotatable bonds is 4. The van der Waals surface area contributed by atoms with Crippen molar-refractivity contribution in [2.24, 2.45) is 0 Å². The number of nitrogens with zero attached hydrogens (tertiary/aromatic N) is 1. The Morgan fingerprint density at radius 3 is 2.62 bits per heavy atom. The van der Waals surface area contributed by atoms with Gasteiger partial charge in [-0.05, 0) is 45.7 Å². The van der Waals surface area contributed by atoms with E-state index in [2.05, 4.69) is 25.8 Å². The van der Waals surface area contributed by atoms with Gasteiger partial charge in [0.15, 0.2) is 0 Å². The van der Waals surface area contributed by atoms with Crippen molar-refractivity contribution in [2.75, 3.05) is 7.05 Å². The molecule has 116 valence electrons. The van der Waals surface area contributed by atoms with Crippen molar-refractivity contribution < 1.29 is 9.53 Å². The monoisotopic (exact) mass is 289 g/mol. The third-order valence-electron chi connectivity index (χ3n) is 4.82. The van der Waals surface area contributed by atoms with Gasteiger partial charge in [0.25, 0.3) is 0 Å². The number of piperidine rings is 1. The van der Waals surface area contributed by atoms with Gasteiger partial charge in [-0.3, -0.25) is 4.79 Å². The van der Waals surface area contributed by atoms with E-state index in [1.165, 1.54) is 0 Å². The van der Waals surface area contributed by atoms with Gasteiger partial charge in [-0.2, -0.15) is 0 Å². The van der Waals surface area contributed by atoms with E-state index in [-0.39, 0.29) is 18.0 Å². The van der Waals surface area contributed by atoms with Crippen molar-refractivity contribution in [1.82, 2.24) is 4.90 Å². The van der Waals surface area contributed by atoms with Crippen LogP contribution >= 0.6 is 0 Å². The molecule has 0 aromatic heterocycles. The molecule has 0 spiro atoms. The third kappa shape index (κ3) is 3.85. The molecule has 21 heavy (non-hydrogen) atoms. The van der Waals surface area contributed by atoms with Crippen LogP contribution in [0.3, 0.4) is 0 Å². The van der Waals surface area contributed by atoms with Crippen molar-refractivity contribution in [2.45, 2.75) is 64.1 Å². The molecule has 1 fully saturated rings. The minimum atomic E-state index is -0.193. The smallest absolute Gasteiger partial charge is 0.313 e. The molecule has 0 amide bonds. The molecule has 2 unspecified atom stereocenters. The van der Waals surface area contributed by atoms with Gasteiger partial charge < -0.3 is 9.64 Å². The average Bonchev–Trinajstić information content (AvgIpc) is 2.50. The lowest BCUT2D eigenvalue weighted by molar-refractivity contribution is -0.154. The highest BCUT2D eigenvalue weighted by atomic mass is 16.5. The normalized spacial score (nSPS) is 28.1. The van der Waals surface area contributed by atoms with Crippen molar-refractivity contribution >= 4 is 5.97 Å². The quantitative estimate of drug-likeness (QED) is 0.793. The van der Waals surface area contributed by atoms with Crippen LogP contribution in [0, 0.1) is 0 Å². The first-order valence-corrected chi connectivity index (χ1v) is 8.00. The van der Waals surface area contributed by atoms with E-state index in [0.717, 1.165) is 24.8 Å². The van der Waals surface area contributed by atoms with Gasteiger partial charge in [-0.25, -0.2) is 0 Å². The van der Waals surface area contributed by atoms with Crippen LogP contribution < -0.4 is 0 Å². The fraction of sp³-hybridized carbons (Fsp3) is 0.611. The zero-order valence-electron chi connectivity index (χ0n) is 13.6. The number of hydrogen-bond donors (Lipinski definition) is 0. The van der Waals surface area contributed by atoms with E-state index < -0.39 is 0 Å². The SMILES string of the molecule is CC[C@@H]1C[C@@H](OC(=O)C(C)c2ccccc2)CC(C)N1C. The summed E-state index contributed by atoms with van der Waals surface area (Å²) < 4.78 is 5.79. The number of carbonyl (C=O) groups excluding carboxylic acids is 1. The van der Waals surface area contributed by atoms with Gasteiger partial charge in [-0.15, -0.1) is 0 Å². The van der Waals surface area contributed by atoms with Gasteiger partial charge >= 0.3 is 5.97 Å². The predicted octanol–water partition coefficient (Wildman–Crippen LogP) is 3.59. The van der Waals surface area contributed by atoms with Crippen LogP contribution in [0.25, 0.3) is 0 Å². The molecule has 1 aliphatic heterocycles. The van der Waals surface area contributed by atoms with Crippen molar-refractivity contribution in [3.8, 4) is 0 Å². The molecular formula is C18H27NO2. The van der Waals surface area contributed by atoms with E-state index in [4.69, 9.17) is 4.74 Å². The third-order valence-corrected chi connectivity index (χ3v) is 4.82. The van der Waals surface area contributed by atoms with Gasteiger partial charge in [0, 0.05) is 12.1 Å². The summed E-state index contributed by atoms with van der Waals surface area (Å²) in [6, 6.07) is 10.8. The molecule has 1 aromatic rings. The number of hydrogen-bond acceptors (Lipinski definition) is 3. The Morgan fingerprint density at radius 1 is 1.33 bits per heavy atom. The Morgan fingerprint density at radius 2 is 2.00 bits per heavy atom. The highest BCUT2D eigenvalue weighted by molar-refractivity contribution is 5.77. The summed E-state index contributed by atoms with van der Waals surface area (Å²) in [6.07, 6.45) is 3.04. The molecule has 4 atom stereocenters. The first-order chi connectivity index (χ1) is 10.0. The number of carbonyl (C=O) groups is 1. The molecule has 0 bridgehead atoms. The van der Waals surface area contributed by atoms with Crippen molar-refractivity contribution in [3.63, 3.8) is 0 Å². The molecule has 0 N–H and O–H groups in total. The molecule has 2 rings (SSSR count). The maximum absolute atomic E-state index is 12.4. The molecule has 0 radical (unpaired) electrons. The summed E-state index contributed by atoms with van der Waals surface area (Å²) in [5, 5.41) is 0. The maximum atomic E-state index is 12.4. The fourth-order valence-corrected chi connectivity index (χ4v) is 3.17. The van der Waals surface area contributed by atoms with Crippen molar-refractivity contribution in [1.29, 1.82) is 0 Å². The second-order valence-electron chi connectivity index (χ2n) is 6.24. The molecule has 3 heteroatoms. The lowest BCUT2D eigenvalue weighted by atomic mass is 9.92. The minimum Gasteiger partial charge on any atom is -0.462 e. The van der Waals surface area contributed by atoms with Crippen molar-refractivity contribution in [3.05, 3.63) is 35.9 Å². The summed E-state index contributed by atoms with van der Waals surface area (Å²) in [4.78, 5) is 14.8. The fourth-order valence-electron chi connectivity index (χ4n) is 3.17. The number of ether oxygens (including phenoxy) is 1. The number of esters is 1. The maximum Gasteiger partial charge on any atom is 0.313 e. The van der Waals surface area contributed by atoms with Crippen LogP contribution in [0.5, 0.6) is 0 Å². The zero-order chi connectivity index (χ0) is 15.4. The van der Waals surface area contributed by atoms with Crippen LogP contribution in [0.4, 0.5) is 0 Å². The van der Waals surface area contributed by atoms with Gasteiger partial charge in [0.2, 0.25) is 0 Å². The van der Waals surface area contributed by atoms with Gasteiger partial charge in [0.1, 0.15) is 6.10 Å². The summed E-state index contributed by atoms with van der Waals surface area (Å²) in [5.41, 5.74) is 1.02. The molecule has 0 saturated carbocycles. The zero-order valence-corrected chi connectivity index (χ0v) is 13.6. The molecule has 3 nitrogen and oxygen atoms in total. The Kier molecular flexibility index (Phi) is 5.40. The Labute approximate surface area is 128 Å². The summed E-state index contributed by atoms with van der Waals surface area (Å²) in [5.74, 6) is -0.293. The Balaban J connectivity index is 1.96. The highest BCUT2D eigenvalue weighted by Gasteiger charge is 2.32. The number of benzene rings is 1. The Hall–Kier alpha value is -1.35. The van der Waals surface area contributed by atoms with Gasteiger partial charge in [-0.1, -0.05) is 37.3 Å². The van der Waals surface area contributed by atoms with E-state index in [9.17, 15) is 4.79 Å². The topological polar surface area (TPSA) is 29.5 Å². The summed E-state index contributed by atoms with van der Waals surface area (Å²) >= 11 is 0. The summed E-state index contributed by atoms with van der Waals surface area (Å²) in [7, 11) is 2.17.